The van der Waals surface area contributed by atoms with E-state index in [2.05, 4.69) is 52.0 Å². The maximum atomic E-state index is 13.2. The molecule has 0 aliphatic rings. The molecular formula is C52H52O7. The molecule has 7 nitrogen and oxygen atoms in total. The van der Waals surface area contributed by atoms with Gasteiger partial charge in [0.25, 0.3) is 0 Å². The second-order valence-electron chi connectivity index (χ2n) is 16.3. The van der Waals surface area contributed by atoms with Crippen molar-refractivity contribution in [3.8, 4) is 23.0 Å². The highest BCUT2D eigenvalue weighted by Crippen LogP contribution is 2.38. The lowest BCUT2D eigenvalue weighted by molar-refractivity contribution is 0.0719. The molecule has 59 heavy (non-hydrogen) atoms. The molecule has 0 radical (unpaired) electrons. The Labute approximate surface area is 347 Å². The van der Waals surface area contributed by atoms with Crippen molar-refractivity contribution in [3.63, 3.8) is 0 Å². The summed E-state index contributed by atoms with van der Waals surface area (Å²) >= 11 is 0. The van der Waals surface area contributed by atoms with Crippen LogP contribution in [0.25, 0.3) is 0 Å². The number of carbonyl (C=O) groups is 3. The van der Waals surface area contributed by atoms with Crippen LogP contribution in [0.2, 0.25) is 0 Å². The molecule has 0 aromatic heterocycles. The normalized spacial score (nSPS) is 11.5. The van der Waals surface area contributed by atoms with E-state index in [-0.39, 0.29) is 16.6 Å². The number of carbonyl (C=O) groups excluding carboxylic acids is 3. The summed E-state index contributed by atoms with van der Waals surface area (Å²) < 4.78 is 23.2. The molecular weight excluding hydrogens is 737 g/mol. The van der Waals surface area contributed by atoms with Gasteiger partial charge in [-0.15, -0.1) is 0 Å². The molecule has 0 aliphatic carbocycles. The molecule has 0 amide bonds. The van der Waals surface area contributed by atoms with Crippen molar-refractivity contribution in [1.82, 2.24) is 0 Å². The second-order valence-corrected chi connectivity index (χ2v) is 16.3. The molecule has 6 rings (SSSR count). The number of hydrogen-bond acceptors (Lipinski definition) is 7. The Hall–Kier alpha value is -6.47. The molecule has 0 N–H and O–H groups in total. The number of esters is 2. The third-order valence-corrected chi connectivity index (χ3v) is 11.3. The van der Waals surface area contributed by atoms with Gasteiger partial charge in [0.1, 0.15) is 29.6 Å². The molecule has 7 heteroatoms. The molecule has 0 aliphatic heterocycles. The number of benzene rings is 6. The monoisotopic (exact) mass is 788 g/mol. The SMILES string of the molecule is COc1ccc(C(C)(C)c2ccc(OC(=O)c3ccc(C(=O)Oc4ccc(C(C)(C)c5ccc(OCc6cccc(C(C)=O)c6)c(C)c5)cc4C)cc3)c(C)c2)cc1C. The summed E-state index contributed by atoms with van der Waals surface area (Å²) in [5.41, 5.74) is 9.73. The van der Waals surface area contributed by atoms with E-state index in [1.165, 1.54) is 0 Å². The molecule has 0 bridgehead atoms. The van der Waals surface area contributed by atoms with E-state index in [4.69, 9.17) is 18.9 Å². The van der Waals surface area contributed by atoms with Gasteiger partial charge in [-0.1, -0.05) is 94.4 Å². The van der Waals surface area contributed by atoms with Crippen molar-refractivity contribution in [2.75, 3.05) is 7.11 Å². The molecule has 0 heterocycles. The van der Waals surface area contributed by atoms with E-state index in [1.54, 1.807) is 44.4 Å². The van der Waals surface area contributed by atoms with Crippen LogP contribution in [0.15, 0.2) is 121 Å². The number of aryl methyl sites for hydroxylation is 4. The van der Waals surface area contributed by atoms with Crippen LogP contribution in [0.1, 0.15) is 116 Å². The fourth-order valence-electron chi connectivity index (χ4n) is 7.21. The van der Waals surface area contributed by atoms with E-state index in [9.17, 15) is 14.4 Å². The number of ether oxygens (including phenoxy) is 4. The topological polar surface area (TPSA) is 88.1 Å². The predicted octanol–water partition coefficient (Wildman–Crippen LogP) is 11.8. The lowest BCUT2D eigenvalue weighted by atomic mass is 9.77. The van der Waals surface area contributed by atoms with Crippen molar-refractivity contribution in [2.24, 2.45) is 0 Å². The fourth-order valence-corrected chi connectivity index (χ4v) is 7.21. The molecule has 6 aromatic carbocycles. The number of methoxy groups -OCH3 is 1. The summed E-state index contributed by atoms with van der Waals surface area (Å²) in [7, 11) is 1.67. The summed E-state index contributed by atoms with van der Waals surface area (Å²) in [6.07, 6.45) is 0. The Kier molecular flexibility index (Phi) is 12.3. The van der Waals surface area contributed by atoms with Crippen LogP contribution in [-0.2, 0) is 17.4 Å². The van der Waals surface area contributed by atoms with Gasteiger partial charge in [0.15, 0.2) is 5.78 Å². The molecule has 0 atom stereocenters. The van der Waals surface area contributed by atoms with Crippen LogP contribution in [0.4, 0.5) is 0 Å². The largest absolute Gasteiger partial charge is 0.496 e. The first-order valence-corrected chi connectivity index (χ1v) is 19.7. The van der Waals surface area contributed by atoms with Gasteiger partial charge in [-0.05, 0) is 139 Å². The van der Waals surface area contributed by atoms with E-state index >= 15 is 0 Å². The Morgan fingerprint density at radius 2 is 0.864 bits per heavy atom. The highest BCUT2D eigenvalue weighted by atomic mass is 16.5. The highest BCUT2D eigenvalue weighted by molar-refractivity contribution is 5.95. The van der Waals surface area contributed by atoms with Gasteiger partial charge in [0.05, 0.1) is 18.2 Å². The van der Waals surface area contributed by atoms with Gasteiger partial charge in [-0.25, -0.2) is 9.59 Å². The highest BCUT2D eigenvalue weighted by Gasteiger charge is 2.27. The number of ketones is 1. The van der Waals surface area contributed by atoms with Crippen molar-refractivity contribution in [2.45, 2.75) is 79.8 Å². The van der Waals surface area contributed by atoms with Gasteiger partial charge in [-0.3, -0.25) is 4.79 Å². The second kappa shape index (κ2) is 17.2. The van der Waals surface area contributed by atoms with Crippen LogP contribution in [-0.4, -0.2) is 24.8 Å². The van der Waals surface area contributed by atoms with E-state index in [1.807, 2.05) is 94.4 Å². The van der Waals surface area contributed by atoms with Crippen LogP contribution in [0.3, 0.4) is 0 Å². The minimum absolute atomic E-state index is 0.0253. The molecule has 0 unspecified atom stereocenters. The Bertz CT molecular complexity index is 2540. The van der Waals surface area contributed by atoms with Gasteiger partial charge in [0.2, 0.25) is 0 Å². The number of hydrogen-bond donors (Lipinski definition) is 0. The summed E-state index contributed by atoms with van der Waals surface area (Å²) in [5.74, 6) is 1.53. The van der Waals surface area contributed by atoms with Gasteiger partial charge < -0.3 is 18.9 Å². The minimum atomic E-state index is -0.527. The summed E-state index contributed by atoms with van der Waals surface area (Å²) in [6, 6.07) is 37.9. The smallest absolute Gasteiger partial charge is 0.343 e. The molecule has 0 saturated heterocycles. The zero-order chi connectivity index (χ0) is 42.6. The fraction of sp³-hybridized carbons (Fsp3) is 0.250. The number of Topliss-reactive ketones (excluding diaryl/α,β-unsaturated/α-hetero) is 1. The van der Waals surface area contributed by atoms with Crippen molar-refractivity contribution in [1.29, 1.82) is 0 Å². The maximum Gasteiger partial charge on any atom is 0.343 e. The number of rotatable bonds is 13. The molecule has 6 aromatic rings. The van der Waals surface area contributed by atoms with Crippen LogP contribution >= 0.6 is 0 Å². The molecule has 302 valence electrons. The van der Waals surface area contributed by atoms with Crippen molar-refractivity contribution < 1.29 is 33.3 Å². The van der Waals surface area contributed by atoms with Gasteiger partial charge in [0, 0.05) is 16.4 Å². The molecule has 0 spiro atoms. The quantitative estimate of drug-likeness (QED) is 0.0654. The Balaban J connectivity index is 1.07. The van der Waals surface area contributed by atoms with E-state index in [0.717, 1.165) is 61.6 Å². The van der Waals surface area contributed by atoms with Crippen LogP contribution in [0.5, 0.6) is 23.0 Å². The van der Waals surface area contributed by atoms with Gasteiger partial charge >= 0.3 is 11.9 Å². The predicted molar refractivity (Wildman–Crippen MR) is 233 cm³/mol. The summed E-state index contributed by atoms with van der Waals surface area (Å²) in [4.78, 5) is 38.2. The third kappa shape index (κ3) is 9.31. The standard InChI is InChI=1S/C52H52O7/c1-32-26-41(18-22-45(32)56-10)51(6,7)43-20-24-47(34(3)28-43)58-49(54)38-14-16-39(17-15-38)50(55)59-48-25-21-44(29-35(48)4)52(8,9)42-19-23-46(33(2)27-42)57-31-37-12-11-13-40(30-37)36(5)53/h11-30H,31H2,1-10H3. The van der Waals surface area contributed by atoms with E-state index in [0.29, 0.717) is 34.8 Å². The third-order valence-electron chi connectivity index (χ3n) is 11.3. The maximum absolute atomic E-state index is 13.2. The first-order chi connectivity index (χ1) is 28.0. The Morgan fingerprint density at radius 1 is 0.475 bits per heavy atom. The first-order valence-electron chi connectivity index (χ1n) is 19.7. The average molecular weight is 789 g/mol. The van der Waals surface area contributed by atoms with Crippen LogP contribution < -0.4 is 18.9 Å². The van der Waals surface area contributed by atoms with Gasteiger partial charge in [-0.2, -0.15) is 0 Å². The van der Waals surface area contributed by atoms with Crippen LogP contribution in [0, 0.1) is 27.7 Å². The lowest BCUT2D eigenvalue weighted by Crippen LogP contribution is -2.20. The molecule has 0 saturated carbocycles. The minimum Gasteiger partial charge on any atom is -0.496 e. The summed E-state index contributed by atoms with van der Waals surface area (Å²) in [6.45, 7) is 18.5. The molecule has 0 fully saturated rings. The Morgan fingerprint density at radius 3 is 1.24 bits per heavy atom. The summed E-state index contributed by atoms with van der Waals surface area (Å²) in [5, 5.41) is 0. The van der Waals surface area contributed by atoms with Crippen molar-refractivity contribution >= 4 is 17.7 Å². The lowest BCUT2D eigenvalue weighted by Gasteiger charge is -2.28. The van der Waals surface area contributed by atoms with Crippen molar-refractivity contribution in [3.05, 3.63) is 188 Å². The average Bonchev–Trinajstić information content (AvgIpc) is 3.21. The zero-order valence-corrected chi connectivity index (χ0v) is 35.6. The zero-order valence-electron chi connectivity index (χ0n) is 35.6. The van der Waals surface area contributed by atoms with E-state index < -0.39 is 11.9 Å². The first kappa shape index (κ1) is 42.1.